The molecule has 2 heterocycles. The lowest BCUT2D eigenvalue weighted by Crippen LogP contribution is -2.51. The van der Waals surface area contributed by atoms with Crippen LogP contribution >= 0.6 is 0 Å². The van der Waals surface area contributed by atoms with Gasteiger partial charge in [-0.3, -0.25) is 19.4 Å². The third-order valence-electron chi connectivity index (χ3n) is 4.74. The maximum absolute atomic E-state index is 14.6. The molecular weight excluding hydrogens is 363 g/mol. The summed E-state index contributed by atoms with van der Waals surface area (Å²) in [5.74, 6) is -2.48. The van der Waals surface area contributed by atoms with Gasteiger partial charge in [0.05, 0.1) is 30.0 Å². The van der Waals surface area contributed by atoms with Crippen LogP contribution in [0.4, 0.5) is 10.1 Å². The van der Waals surface area contributed by atoms with Gasteiger partial charge in [-0.1, -0.05) is 30.3 Å². The Kier molecular flexibility index (Phi) is 5.39. The third kappa shape index (κ3) is 4.33. The molecule has 1 saturated heterocycles. The molecule has 146 valence electrons. The second kappa shape index (κ2) is 7.75. The zero-order chi connectivity index (χ0) is 20.3. The number of pyridine rings is 1. The van der Waals surface area contributed by atoms with Gasteiger partial charge in [-0.15, -0.1) is 0 Å². The minimum Gasteiger partial charge on any atom is -0.366 e. The molecule has 0 radical (unpaired) electrons. The summed E-state index contributed by atoms with van der Waals surface area (Å²) in [4.78, 5) is 41.7. The van der Waals surface area contributed by atoms with Crippen LogP contribution in [0.15, 0.2) is 48.8 Å². The van der Waals surface area contributed by atoms with Gasteiger partial charge < -0.3 is 16.0 Å². The Hall–Kier alpha value is -3.29. The minimum atomic E-state index is -1.57. The number of nitrogens with one attached hydrogen (secondary N) is 1. The summed E-state index contributed by atoms with van der Waals surface area (Å²) in [5.41, 5.74) is 4.72. The molecule has 1 aromatic carbocycles. The molecule has 8 heteroatoms. The van der Waals surface area contributed by atoms with Crippen LogP contribution in [0.1, 0.15) is 41.7 Å². The van der Waals surface area contributed by atoms with Crippen LogP contribution in [-0.4, -0.2) is 39.8 Å². The average Bonchev–Trinajstić information content (AvgIpc) is 2.67. The number of carbonyl (C=O) groups excluding carboxylic acids is 3. The van der Waals surface area contributed by atoms with Crippen molar-refractivity contribution in [1.29, 1.82) is 0 Å². The molecule has 2 aromatic rings. The number of hydrogen-bond donors (Lipinski definition) is 2. The van der Waals surface area contributed by atoms with Crippen LogP contribution in [0.5, 0.6) is 0 Å². The summed E-state index contributed by atoms with van der Waals surface area (Å²) < 4.78 is 14.6. The zero-order valence-electron chi connectivity index (χ0n) is 15.4. The molecule has 28 heavy (non-hydrogen) atoms. The molecule has 3 amide bonds. The molecule has 3 rings (SSSR count). The Morgan fingerprint density at radius 1 is 1.25 bits per heavy atom. The fourth-order valence-electron chi connectivity index (χ4n) is 3.33. The van der Waals surface area contributed by atoms with E-state index in [1.807, 2.05) is 30.3 Å². The molecule has 2 unspecified atom stereocenters. The highest BCUT2D eigenvalue weighted by molar-refractivity contribution is 6.39. The molecule has 0 aliphatic carbocycles. The second-order valence-corrected chi connectivity index (χ2v) is 7.09. The number of nitrogens with two attached hydrogens (primary N) is 1. The minimum absolute atomic E-state index is 0.0988. The first-order valence-corrected chi connectivity index (χ1v) is 8.87. The normalized spacial score (nSPS) is 21.8. The lowest BCUT2D eigenvalue weighted by molar-refractivity contribution is -0.148. The maximum Gasteiger partial charge on any atom is 0.313 e. The van der Waals surface area contributed by atoms with Gasteiger partial charge in [0.15, 0.2) is 0 Å². The summed E-state index contributed by atoms with van der Waals surface area (Å²) in [5, 5.41) is 2.41. The standard InChI is InChI=1S/C20H21FN4O3/c1-20(21)8-7-16(13-5-3-2-4-6-13)25(12-20)19(28)18(27)24-15-9-14(17(22)26)10-23-11-15/h2-6,9-11,16H,7-8,12H2,1H3,(H2,22,26)(H,24,27). The molecule has 0 spiro atoms. The Balaban J connectivity index is 1.81. The van der Waals surface area contributed by atoms with Crippen molar-refractivity contribution in [2.75, 3.05) is 11.9 Å². The Morgan fingerprint density at radius 3 is 2.64 bits per heavy atom. The van der Waals surface area contributed by atoms with Gasteiger partial charge in [-0.2, -0.15) is 0 Å². The number of piperidine rings is 1. The molecule has 1 fully saturated rings. The van der Waals surface area contributed by atoms with Crippen molar-refractivity contribution in [1.82, 2.24) is 9.88 Å². The maximum atomic E-state index is 14.6. The summed E-state index contributed by atoms with van der Waals surface area (Å²) in [7, 11) is 0. The van der Waals surface area contributed by atoms with E-state index in [1.54, 1.807) is 0 Å². The number of alkyl halides is 1. The summed E-state index contributed by atoms with van der Waals surface area (Å²) in [6.07, 6.45) is 3.25. The highest BCUT2D eigenvalue weighted by Gasteiger charge is 2.41. The predicted molar refractivity (Wildman–Crippen MR) is 101 cm³/mol. The lowest BCUT2D eigenvalue weighted by Gasteiger charge is -2.41. The average molecular weight is 384 g/mol. The fourth-order valence-corrected chi connectivity index (χ4v) is 3.33. The molecular formula is C20H21FN4O3. The predicted octanol–water partition coefficient (Wildman–Crippen LogP) is 2.21. The van der Waals surface area contributed by atoms with Gasteiger partial charge in [0.1, 0.15) is 5.67 Å². The Morgan fingerprint density at radius 2 is 1.96 bits per heavy atom. The quantitative estimate of drug-likeness (QED) is 0.792. The SMILES string of the molecule is CC1(F)CCC(c2ccccc2)N(C(=O)C(=O)Nc2cncc(C(N)=O)c2)C1. The van der Waals surface area contributed by atoms with Gasteiger partial charge in [0.25, 0.3) is 0 Å². The number of carbonyl (C=O) groups is 3. The Labute approximate surface area is 161 Å². The van der Waals surface area contributed by atoms with E-state index in [4.69, 9.17) is 5.73 Å². The second-order valence-electron chi connectivity index (χ2n) is 7.09. The summed E-state index contributed by atoms with van der Waals surface area (Å²) in [6, 6.07) is 10.2. The first-order valence-electron chi connectivity index (χ1n) is 8.87. The van der Waals surface area contributed by atoms with Crippen molar-refractivity contribution in [3.8, 4) is 0 Å². The van der Waals surface area contributed by atoms with Crippen LogP contribution in [0.3, 0.4) is 0 Å². The molecule has 1 aromatic heterocycles. The summed E-state index contributed by atoms with van der Waals surface area (Å²) >= 11 is 0. The van der Waals surface area contributed by atoms with Crippen molar-refractivity contribution in [2.24, 2.45) is 5.73 Å². The number of aromatic nitrogens is 1. The number of likely N-dealkylation sites (tertiary alicyclic amines) is 1. The van der Waals surface area contributed by atoms with Gasteiger partial charge in [-0.25, -0.2) is 4.39 Å². The highest BCUT2D eigenvalue weighted by atomic mass is 19.1. The van der Waals surface area contributed by atoms with Crippen molar-refractivity contribution >= 4 is 23.4 Å². The van der Waals surface area contributed by atoms with Crippen LogP contribution in [0.25, 0.3) is 0 Å². The smallest absolute Gasteiger partial charge is 0.313 e. The first-order chi connectivity index (χ1) is 13.3. The molecule has 1 aliphatic heterocycles. The van der Waals surface area contributed by atoms with Gasteiger partial charge in [-0.05, 0) is 31.4 Å². The third-order valence-corrected chi connectivity index (χ3v) is 4.74. The van der Waals surface area contributed by atoms with E-state index < -0.39 is 29.4 Å². The number of primary amides is 1. The largest absolute Gasteiger partial charge is 0.366 e. The van der Waals surface area contributed by atoms with E-state index in [0.29, 0.717) is 12.8 Å². The van der Waals surface area contributed by atoms with Gasteiger partial charge >= 0.3 is 11.8 Å². The first kappa shape index (κ1) is 19.5. The van der Waals surface area contributed by atoms with Crippen molar-refractivity contribution < 1.29 is 18.8 Å². The summed E-state index contributed by atoms with van der Waals surface area (Å²) in [6.45, 7) is 1.24. The van der Waals surface area contributed by atoms with Crippen LogP contribution < -0.4 is 11.1 Å². The molecule has 2 atom stereocenters. The van der Waals surface area contributed by atoms with Crippen LogP contribution in [0, 0.1) is 0 Å². The fraction of sp³-hybridized carbons (Fsp3) is 0.300. The van der Waals surface area contributed by atoms with Crippen molar-refractivity contribution in [2.45, 2.75) is 31.5 Å². The van der Waals surface area contributed by atoms with Gasteiger partial charge in [0.2, 0.25) is 5.91 Å². The number of halogens is 1. The number of rotatable bonds is 3. The Bertz CT molecular complexity index is 901. The monoisotopic (exact) mass is 384 g/mol. The molecule has 0 bridgehead atoms. The zero-order valence-corrected chi connectivity index (χ0v) is 15.4. The van der Waals surface area contributed by atoms with E-state index in [9.17, 15) is 18.8 Å². The number of benzene rings is 1. The van der Waals surface area contributed by atoms with E-state index in [-0.39, 0.29) is 17.8 Å². The van der Waals surface area contributed by atoms with Crippen molar-refractivity contribution in [3.05, 3.63) is 59.9 Å². The number of anilines is 1. The van der Waals surface area contributed by atoms with E-state index in [0.717, 1.165) is 5.56 Å². The van der Waals surface area contributed by atoms with E-state index in [1.165, 1.54) is 30.3 Å². The molecule has 0 saturated carbocycles. The highest BCUT2D eigenvalue weighted by Crippen LogP contribution is 2.37. The van der Waals surface area contributed by atoms with Gasteiger partial charge in [0, 0.05) is 6.20 Å². The number of amides is 3. The van der Waals surface area contributed by atoms with Crippen LogP contribution in [0.2, 0.25) is 0 Å². The van der Waals surface area contributed by atoms with E-state index in [2.05, 4.69) is 10.3 Å². The van der Waals surface area contributed by atoms with Crippen LogP contribution in [-0.2, 0) is 9.59 Å². The topological polar surface area (TPSA) is 105 Å². The number of nitrogens with zero attached hydrogens (tertiary/aromatic N) is 2. The van der Waals surface area contributed by atoms with E-state index >= 15 is 0 Å². The molecule has 3 N–H and O–H groups in total. The van der Waals surface area contributed by atoms with Crippen molar-refractivity contribution in [3.63, 3.8) is 0 Å². The number of hydrogen-bond acceptors (Lipinski definition) is 4. The molecule has 7 nitrogen and oxygen atoms in total. The molecule has 1 aliphatic rings. The lowest BCUT2D eigenvalue weighted by atomic mass is 9.88.